The van der Waals surface area contributed by atoms with E-state index >= 15 is 0 Å². The minimum absolute atomic E-state index is 0.000934. The number of amides is 1. The van der Waals surface area contributed by atoms with Gasteiger partial charge in [0.05, 0.1) is 11.5 Å². The summed E-state index contributed by atoms with van der Waals surface area (Å²) >= 11 is 0. The van der Waals surface area contributed by atoms with Crippen LogP contribution in [0.2, 0.25) is 0 Å². The summed E-state index contributed by atoms with van der Waals surface area (Å²) in [5, 5.41) is 11.4. The Hall–Kier alpha value is -2.09. The summed E-state index contributed by atoms with van der Waals surface area (Å²) in [5.41, 5.74) is 6.38. The molecule has 0 radical (unpaired) electrons. The Morgan fingerprint density at radius 3 is 2.15 bits per heavy atom. The molecule has 0 spiro atoms. The maximum Gasteiger partial charge on any atom is 0.253 e. The average molecular weight is 297 g/mol. The van der Waals surface area contributed by atoms with Crippen LogP contribution in [-0.4, -0.2) is 54.9 Å². The highest BCUT2D eigenvalue weighted by molar-refractivity contribution is 7.91. The lowest BCUT2D eigenvalue weighted by Crippen LogP contribution is -2.43. The zero-order valence-corrected chi connectivity index (χ0v) is 11.5. The number of amidine groups is 1. The second-order valence-electron chi connectivity index (χ2n) is 4.51. The van der Waals surface area contributed by atoms with Crippen LogP contribution in [0.15, 0.2) is 29.4 Å². The third kappa shape index (κ3) is 3.08. The Morgan fingerprint density at radius 2 is 1.65 bits per heavy atom. The van der Waals surface area contributed by atoms with E-state index in [1.54, 1.807) is 24.3 Å². The van der Waals surface area contributed by atoms with E-state index < -0.39 is 9.84 Å². The van der Waals surface area contributed by atoms with Crippen molar-refractivity contribution in [3.8, 4) is 0 Å². The van der Waals surface area contributed by atoms with Gasteiger partial charge in [0.2, 0.25) is 0 Å². The predicted molar refractivity (Wildman–Crippen MR) is 73.5 cm³/mol. The smallest absolute Gasteiger partial charge is 0.253 e. The van der Waals surface area contributed by atoms with E-state index in [4.69, 9.17) is 10.9 Å². The fourth-order valence-corrected chi connectivity index (χ4v) is 3.14. The molecule has 0 aliphatic carbocycles. The van der Waals surface area contributed by atoms with Gasteiger partial charge in [0, 0.05) is 24.2 Å². The number of rotatable bonds is 2. The Bertz CT molecular complexity index is 623. The lowest BCUT2D eigenvalue weighted by atomic mass is 10.1. The molecule has 7 nitrogen and oxygen atoms in total. The highest BCUT2D eigenvalue weighted by atomic mass is 32.2. The van der Waals surface area contributed by atoms with E-state index in [0.29, 0.717) is 11.1 Å². The van der Waals surface area contributed by atoms with Gasteiger partial charge in [-0.25, -0.2) is 8.42 Å². The minimum atomic E-state index is -3.01. The van der Waals surface area contributed by atoms with Crippen LogP contribution >= 0.6 is 0 Å². The molecule has 1 aliphatic heterocycles. The molecule has 0 atom stereocenters. The van der Waals surface area contributed by atoms with Crippen molar-refractivity contribution in [1.82, 2.24) is 4.90 Å². The number of sulfone groups is 1. The van der Waals surface area contributed by atoms with Gasteiger partial charge in [-0.3, -0.25) is 4.79 Å². The van der Waals surface area contributed by atoms with Crippen LogP contribution in [0.1, 0.15) is 15.9 Å². The fraction of sp³-hybridized carbons (Fsp3) is 0.333. The average Bonchev–Trinajstić information content (AvgIpc) is 2.46. The number of nitrogens with two attached hydrogens (primary N) is 1. The summed E-state index contributed by atoms with van der Waals surface area (Å²) in [7, 11) is -3.01. The summed E-state index contributed by atoms with van der Waals surface area (Å²) in [5.74, 6) is -0.249. The largest absolute Gasteiger partial charge is 0.409 e. The molecule has 1 amide bonds. The van der Waals surface area contributed by atoms with E-state index in [0.717, 1.165) is 0 Å². The van der Waals surface area contributed by atoms with Crippen molar-refractivity contribution >= 4 is 21.6 Å². The molecule has 1 fully saturated rings. The molecule has 108 valence electrons. The summed E-state index contributed by atoms with van der Waals surface area (Å²) in [6.07, 6.45) is 0. The van der Waals surface area contributed by atoms with Crippen molar-refractivity contribution in [3.63, 3.8) is 0 Å². The molecule has 1 saturated heterocycles. The monoisotopic (exact) mass is 297 g/mol. The van der Waals surface area contributed by atoms with Gasteiger partial charge in [0.1, 0.15) is 0 Å². The molecule has 0 bridgehead atoms. The number of carbonyl (C=O) groups is 1. The zero-order chi connectivity index (χ0) is 14.8. The minimum Gasteiger partial charge on any atom is -0.409 e. The zero-order valence-electron chi connectivity index (χ0n) is 10.7. The van der Waals surface area contributed by atoms with Crippen molar-refractivity contribution in [3.05, 3.63) is 35.4 Å². The first kappa shape index (κ1) is 14.3. The van der Waals surface area contributed by atoms with Crippen LogP contribution < -0.4 is 5.73 Å². The van der Waals surface area contributed by atoms with E-state index in [1.165, 1.54) is 4.90 Å². The second kappa shape index (κ2) is 5.49. The molecule has 20 heavy (non-hydrogen) atoms. The first-order chi connectivity index (χ1) is 9.43. The van der Waals surface area contributed by atoms with Crippen molar-refractivity contribution in [2.24, 2.45) is 10.9 Å². The van der Waals surface area contributed by atoms with Gasteiger partial charge in [-0.15, -0.1) is 0 Å². The van der Waals surface area contributed by atoms with Crippen LogP contribution in [0, 0.1) is 0 Å². The van der Waals surface area contributed by atoms with Gasteiger partial charge >= 0.3 is 0 Å². The lowest BCUT2D eigenvalue weighted by molar-refractivity contribution is 0.0770. The first-order valence-electron chi connectivity index (χ1n) is 6.00. The van der Waals surface area contributed by atoms with Crippen LogP contribution in [-0.2, 0) is 9.84 Å². The summed E-state index contributed by atoms with van der Waals surface area (Å²) in [6, 6.07) is 6.28. The topological polar surface area (TPSA) is 113 Å². The number of hydrogen-bond acceptors (Lipinski definition) is 5. The summed E-state index contributed by atoms with van der Waals surface area (Å²) in [4.78, 5) is 13.7. The van der Waals surface area contributed by atoms with Gasteiger partial charge < -0.3 is 15.8 Å². The number of carbonyl (C=O) groups excluding carboxylic acids is 1. The number of nitrogens with zero attached hydrogens (tertiary/aromatic N) is 2. The third-order valence-electron chi connectivity index (χ3n) is 3.17. The SMILES string of the molecule is N/C(=N\O)c1ccc(C(=O)N2CCS(=O)(=O)CC2)cc1. The fourth-order valence-electron chi connectivity index (χ4n) is 1.94. The van der Waals surface area contributed by atoms with Gasteiger partial charge in [-0.1, -0.05) is 17.3 Å². The molecule has 1 aromatic rings. The van der Waals surface area contributed by atoms with E-state index in [-0.39, 0.29) is 36.3 Å². The van der Waals surface area contributed by atoms with Crippen molar-refractivity contribution in [1.29, 1.82) is 0 Å². The van der Waals surface area contributed by atoms with Crippen LogP contribution in [0.25, 0.3) is 0 Å². The highest BCUT2D eigenvalue weighted by Crippen LogP contribution is 2.11. The van der Waals surface area contributed by atoms with Crippen LogP contribution in [0.3, 0.4) is 0 Å². The number of oxime groups is 1. The van der Waals surface area contributed by atoms with Crippen LogP contribution in [0.4, 0.5) is 0 Å². The summed E-state index contributed by atoms with van der Waals surface area (Å²) in [6.45, 7) is 0.423. The maximum absolute atomic E-state index is 12.2. The Labute approximate surface area is 116 Å². The van der Waals surface area contributed by atoms with Crippen LogP contribution in [0.5, 0.6) is 0 Å². The normalized spacial score (nSPS) is 18.8. The van der Waals surface area contributed by atoms with E-state index in [2.05, 4.69) is 5.16 Å². The van der Waals surface area contributed by atoms with Gasteiger partial charge in [0.15, 0.2) is 15.7 Å². The van der Waals surface area contributed by atoms with Crippen molar-refractivity contribution < 1.29 is 18.4 Å². The highest BCUT2D eigenvalue weighted by Gasteiger charge is 2.25. The maximum atomic E-state index is 12.2. The molecule has 0 unspecified atom stereocenters. The number of benzene rings is 1. The van der Waals surface area contributed by atoms with Crippen molar-refractivity contribution in [2.75, 3.05) is 24.6 Å². The molecular weight excluding hydrogens is 282 g/mol. The molecule has 3 N–H and O–H groups in total. The molecule has 1 aliphatic rings. The van der Waals surface area contributed by atoms with E-state index in [1.807, 2.05) is 0 Å². The first-order valence-corrected chi connectivity index (χ1v) is 7.83. The van der Waals surface area contributed by atoms with Crippen molar-refractivity contribution in [2.45, 2.75) is 0 Å². The summed E-state index contributed by atoms with van der Waals surface area (Å²) < 4.78 is 22.6. The Balaban J connectivity index is 2.10. The third-order valence-corrected chi connectivity index (χ3v) is 4.78. The number of hydrogen-bond donors (Lipinski definition) is 2. The molecule has 8 heteroatoms. The molecule has 1 aromatic carbocycles. The molecule has 0 aromatic heterocycles. The quantitative estimate of drug-likeness (QED) is 0.335. The van der Waals surface area contributed by atoms with Gasteiger partial charge in [-0.2, -0.15) is 0 Å². The second-order valence-corrected chi connectivity index (χ2v) is 6.81. The van der Waals surface area contributed by atoms with E-state index in [9.17, 15) is 13.2 Å². The lowest BCUT2D eigenvalue weighted by Gasteiger charge is -2.26. The predicted octanol–water partition coefficient (Wildman–Crippen LogP) is -0.348. The van der Waals surface area contributed by atoms with Gasteiger partial charge in [-0.05, 0) is 12.1 Å². The Kier molecular flexibility index (Phi) is 3.93. The molecule has 2 rings (SSSR count). The standard InChI is InChI=1S/C12H15N3O4S/c13-11(14-17)9-1-3-10(4-2-9)12(16)15-5-7-20(18,19)8-6-15/h1-4,17H,5-8H2,(H2,13,14). The Morgan fingerprint density at radius 1 is 1.15 bits per heavy atom. The molecule has 0 saturated carbocycles. The molecular formula is C12H15N3O4S. The van der Waals surface area contributed by atoms with Gasteiger partial charge in [0.25, 0.3) is 5.91 Å². The molecule has 1 heterocycles.